The Labute approximate surface area is 105 Å². The van der Waals surface area contributed by atoms with Gasteiger partial charge in [-0.25, -0.2) is 0 Å². The molecule has 0 saturated carbocycles. The number of benzene rings is 1. The van der Waals surface area contributed by atoms with Crippen LogP contribution < -0.4 is 10.6 Å². The fraction of sp³-hybridized carbons (Fsp3) is 0.600. The quantitative estimate of drug-likeness (QED) is 0.867. The average Bonchev–Trinajstić information content (AvgIpc) is 2.40. The molecule has 2 heteroatoms. The van der Waals surface area contributed by atoms with Gasteiger partial charge in [0, 0.05) is 25.3 Å². The fourth-order valence-electron chi connectivity index (χ4n) is 2.63. The predicted molar refractivity (Wildman–Crippen MR) is 74.2 cm³/mol. The van der Waals surface area contributed by atoms with Crippen molar-refractivity contribution in [3.63, 3.8) is 0 Å². The summed E-state index contributed by atoms with van der Waals surface area (Å²) in [6.45, 7) is 7.70. The molecule has 1 heterocycles. The van der Waals surface area contributed by atoms with E-state index in [4.69, 9.17) is 5.73 Å². The maximum Gasteiger partial charge on any atom is 0.0411 e. The van der Waals surface area contributed by atoms with Crippen LogP contribution in [-0.2, 0) is 6.54 Å². The summed E-state index contributed by atoms with van der Waals surface area (Å²) in [5.74, 6) is 0. The van der Waals surface area contributed by atoms with E-state index in [1.54, 1.807) is 0 Å². The Balaban J connectivity index is 2.10. The van der Waals surface area contributed by atoms with E-state index in [1.807, 2.05) is 0 Å². The number of hydrogen-bond acceptors (Lipinski definition) is 2. The van der Waals surface area contributed by atoms with Gasteiger partial charge in [-0.1, -0.05) is 38.5 Å². The standard InChI is InChI=1S/C15H24N2/c1-3-15(2)8-10-17(11-9-15)14-7-5-4-6-13(14)12-16/h4-7H,3,8-12,16H2,1-2H3. The van der Waals surface area contributed by atoms with Gasteiger partial charge in [0.1, 0.15) is 0 Å². The minimum Gasteiger partial charge on any atom is -0.371 e. The third kappa shape index (κ3) is 2.63. The first-order valence-corrected chi connectivity index (χ1v) is 6.71. The Bertz CT molecular complexity index is 365. The first kappa shape index (κ1) is 12.4. The second kappa shape index (κ2) is 5.09. The summed E-state index contributed by atoms with van der Waals surface area (Å²) >= 11 is 0. The van der Waals surface area contributed by atoms with Crippen LogP contribution in [-0.4, -0.2) is 13.1 Å². The van der Waals surface area contributed by atoms with Gasteiger partial charge < -0.3 is 10.6 Å². The highest BCUT2D eigenvalue weighted by Gasteiger charge is 2.28. The molecule has 0 spiro atoms. The van der Waals surface area contributed by atoms with Crippen molar-refractivity contribution in [3.8, 4) is 0 Å². The van der Waals surface area contributed by atoms with Crippen molar-refractivity contribution < 1.29 is 0 Å². The van der Waals surface area contributed by atoms with Crippen molar-refractivity contribution in [2.24, 2.45) is 11.1 Å². The van der Waals surface area contributed by atoms with Gasteiger partial charge in [-0.05, 0) is 29.9 Å². The van der Waals surface area contributed by atoms with Gasteiger partial charge >= 0.3 is 0 Å². The lowest BCUT2D eigenvalue weighted by molar-refractivity contribution is 0.238. The van der Waals surface area contributed by atoms with Crippen molar-refractivity contribution in [2.45, 2.75) is 39.7 Å². The van der Waals surface area contributed by atoms with Crippen LogP contribution in [0.2, 0.25) is 0 Å². The second-order valence-corrected chi connectivity index (χ2v) is 5.48. The van der Waals surface area contributed by atoms with Crippen molar-refractivity contribution in [2.75, 3.05) is 18.0 Å². The summed E-state index contributed by atoms with van der Waals surface area (Å²) in [6.07, 6.45) is 3.88. The normalized spacial score (nSPS) is 19.4. The van der Waals surface area contributed by atoms with Crippen LogP contribution in [0.15, 0.2) is 24.3 Å². The van der Waals surface area contributed by atoms with E-state index in [2.05, 4.69) is 43.0 Å². The predicted octanol–water partition coefficient (Wildman–Crippen LogP) is 3.16. The maximum absolute atomic E-state index is 5.81. The summed E-state index contributed by atoms with van der Waals surface area (Å²) in [5, 5.41) is 0. The molecule has 0 aromatic heterocycles. The summed E-state index contributed by atoms with van der Waals surface area (Å²) in [4.78, 5) is 2.50. The molecule has 2 N–H and O–H groups in total. The molecule has 2 rings (SSSR count). The van der Waals surface area contributed by atoms with E-state index in [0.717, 1.165) is 0 Å². The summed E-state index contributed by atoms with van der Waals surface area (Å²) in [5.41, 5.74) is 8.97. The van der Waals surface area contributed by atoms with Crippen molar-refractivity contribution in [3.05, 3.63) is 29.8 Å². The van der Waals surface area contributed by atoms with E-state index in [1.165, 1.54) is 43.6 Å². The Morgan fingerprint density at radius 2 is 1.88 bits per heavy atom. The minimum atomic E-state index is 0.550. The highest BCUT2D eigenvalue weighted by Crippen LogP contribution is 2.36. The van der Waals surface area contributed by atoms with Crippen LogP contribution in [0, 0.1) is 5.41 Å². The third-order valence-corrected chi connectivity index (χ3v) is 4.38. The SMILES string of the molecule is CCC1(C)CCN(c2ccccc2CN)CC1. The molecular formula is C15H24N2. The lowest BCUT2D eigenvalue weighted by Gasteiger charge is -2.40. The van der Waals surface area contributed by atoms with E-state index in [-0.39, 0.29) is 0 Å². The molecule has 1 aromatic carbocycles. The Hall–Kier alpha value is -1.02. The lowest BCUT2D eigenvalue weighted by atomic mass is 9.78. The molecule has 0 unspecified atom stereocenters. The largest absolute Gasteiger partial charge is 0.371 e. The molecule has 0 aliphatic carbocycles. The van der Waals surface area contributed by atoms with Crippen molar-refractivity contribution in [1.29, 1.82) is 0 Å². The zero-order chi connectivity index (χ0) is 12.3. The Morgan fingerprint density at radius 1 is 1.24 bits per heavy atom. The Kier molecular flexibility index (Phi) is 3.72. The zero-order valence-electron chi connectivity index (χ0n) is 11.1. The van der Waals surface area contributed by atoms with Gasteiger partial charge in [-0.15, -0.1) is 0 Å². The van der Waals surface area contributed by atoms with E-state index in [0.29, 0.717) is 12.0 Å². The fourth-order valence-corrected chi connectivity index (χ4v) is 2.63. The molecule has 17 heavy (non-hydrogen) atoms. The number of anilines is 1. The van der Waals surface area contributed by atoms with Crippen LogP contribution in [0.5, 0.6) is 0 Å². The number of nitrogens with zero attached hydrogens (tertiary/aromatic N) is 1. The molecule has 0 radical (unpaired) electrons. The minimum absolute atomic E-state index is 0.550. The molecule has 0 bridgehead atoms. The van der Waals surface area contributed by atoms with Gasteiger partial charge in [0.25, 0.3) is 0 Å². The van der Waals surface area contributed by atoms with Crippen molar-refractivity contribution >= 4 is 5.69 Å². The van der Waals surface area contributed by atoms with Crippen LogP contribution >= 0.6 is 0 Å². The third-order valence-electron chi connectivity index (χ3n) is 4.38. The molecule has 1 fully saturated rings. The molecule has 1 aliphatic heterocycles. The van der Waals surface area contributed by atoms with Gasteiger partial charge in [0.05, 0.1) is 0 Å². The molecule has 1 aromatic rings. The highest BCUT2D eigenvalue weighted by molar-refractivity contribution is 5.53. The smallest absolute Gasteiger partial charge is 0.0411 e. The number of para-hydroxylation sites is 1. The molecule has 2 nitrogen and oxygen atoms in total. The molecular weight excluding hydrogens is 208 g/mol. The average molecular weight is 232 g/mol. The van der Waals surface area contributed by atoms with Crippen LogP contribution in [0.1, 0.15) is 38.7 Å². The van der Waals surface area contributed by atoms with Crippen LogP contribution in [0.3, 0.4) is 0 Å². The topological polar surface area (TPSA) is 29.3 Å². The first-order chi connectivity index (χ1) is 8.18. The van der Waals surface area contributed by atoms with E-state index in [9.17, 15) is 0 Å². The number of hydrogen-bond donors (Lipinski definition) is 1. The monoisotopic (exact) mass is 232 g/mol. The van der Waals surface area contributed by atoms with E-state index < -0.39 is 0 Å². The van der Waals surface area contributed by atoms with Gasteiger partial charge in [0.15, 0.2) is 0 Å². The van der Waals surface area contributed by atoms with E-state index >= 15 is 0 Å². The first-order valence-electron chi connectivity index (χ1n) is 6.71. The molecule has 94 valence electrons. The Morgan fingerprint density at radius 3 is 2.47 bits per heavy atom. The summed E-state index contributed by atoms with van der Waals surface area (Å²) < 4.78 is 0. The molecule has 0 atom stereocenters. The van der Waals surface area contributed by atoms with Crippen molar-refractivity contribution in [1.82, 2.24) is 0 Å². The number of piperidine rings is 1. The summed E-state index contributed by atoms with van der Waals surface area (Å²) in [7, 11) is 0. The zero-order valence-corrected chi connectivity index (χ0v) is 11.1. The number of rotatable bonds is 3. The van der Waals surface area contributed by atoms with Gasteiger partial charge in [-0.2, -0.15) is 0 Å². The molecule has 0 amide bonds. The van der Waals surface area contributed by atoms with Gasteiger partial charge in [-0.3, -0.25) is 0 Å². The summed E-state index contributed by atoms with van der Waals surface area (Å²) in [6, 6.07) is 8.54. The van der Waals surface area contributed by atoms with Crippen LogP contribution in [0.4, 0.5) is 5.69 Å². The van der Waals surface area contributed by atoms with Gasteiger partial charge in [0.2, 0.25) is 0 Å². The highest BCUT2D eigenvalue weighted by atomic mass is 15.1. The molecule has 1 aliphatic rings. The maximum atomic E-state index is 5.81. The molecule has 1 saturated heterocycles. The second-order valence-electron chi connectivity index (χ2n) is 5.48. The van der Waals surface area contributed by atoms with Crippen LogP contribution in [0.25, 0.3) is 0 Å². The number of nitrogens with two attached hydrogens (primary N) is 1. The lowest BCUT2D eigenvalue weighted by Crippen LogP contribution is -2.38.